The highest BCUT2D eigenvalue weighted by Crippen LogP contribution is 2.33. The summed E-state index contributed by atoms with van der Waals surface area (Å²) in [5, 5.41) is 1.16. The molecule has 0 aromatic carbocycles. The van der Waals surface area contributed by atoms with Gasteiger partial charge in [0.2, 0.25) is 0 Å². The average molecular weight is 281 g/mol. The SMILES string of the molecule is CCC(C)c1nc(N(C)CC2CCCC2)sc1CN. The highest BCUT2D eigenvalue weighted by atomic mass is 32.1. The predicted molar refractivity (Wildman–Crippen MR) is 83.9 cm³/mol. The maximum Gasteiger partial charge on any atom is 0.185 e. The van der Waals surface area contributed by atoms with Crippen LogP contribution in [-0.4, -0.2) is 18.6 Å². The lowest BCUT2D eigenvalue weighted by Gasteiger charge is -2.20. The normalized spacial score (nSPS) is 17.9. The Hall–Kier alpha value is -0.610. The first-order valence-electron chi connectivity index (χ1n) is 7.56. The van der Waals surface area contributed by atoms with Gasteiger partial charge in [-0.3, -0.25) is 0 Å². The van der Waals surface area contributed by atoms with E-state index in [1.165, 1.54) is 36.3 Å². The molecule has 19 heavy (non-hydrogen) atoms. The van der Waals surface area contributed by atoms with E-state index in [0.29, 0.717) is 12.5 Å². The largest absolute Gasteiger partial charge is 0.351 e. The summed E-state index contributed by atoms with van der Waals surface area (Å²) in [5.41, 5.74) is 7.10. The second-order valence-electron chi connectivity index (χ2n) is 5.85. The third kappa shape index (κ3) is 3.48. The van der Waals surface area contributed by atoms with E-state index in [-0.39, 0.29) is 0 Å². The smallest absolute Gasteiger partial charge is 0.185 e. The van der Waals surface area contributed by atoms with Crippen LogP contribution >= 0.6 is 11.3 Å². The summed E-state index contributed by atoms with van der Waals surface area (Å²) in [6, 6.07) is 0. The first-order chi connectivity index (χ1) is 9.15. The van der Waals surface area contributed by atoms with Gasteiger partial charge in [-0.2, -0.15) is 0 Å². The van der Waals surface area contributed by atoms with Gasteiger partial charge in [0.15, 0.2) is 5.13 Å². The molecule has 2 N–H and O–H groups in total. The Morgan fingerprint density at radius 1 is 1.42 bits per heavy atom. The molecule has 0 spiro atoms. The van der Waals surface area contributed by atoms with Crippen molar-refractivity contribution in [3.63, 3.8) is 0 Å². The minimum atomic E-state index is 0.517. The van der Waals surface area contributed by atoms with Crippen molar-refractivity contribution in [3.05, 3.63) is 10.6 Å². The Kier molecular flexibility index (Phi) is 5.22. The molecule has 1 saturated carbocycles. The number of hydrogen-bond acceptors (Lipinski definition) is 4. The fourth-order valence-electron chi connectivity index (χ4n) is 2.90. The van der Waals surface area contributed by atoms with Gasteiger partial charge in [0.1, 0.15) is 0 Å². The van der Waals surface area contributed by atoms with Gasteiger partial charge in [-0.1, -0.05) is 26.7 Å². The molecule has 1 atom stereocenters. The number of aromatic nitrogens is 1. The van der Waals surface area contributed by atoms with Crippen LogP contribution in [-0.2, 0) is 6.54 Å². The molecule has 2 rings (SSSR count). The van der Waals surface area contributed by atoms with Gasteiger partial charge in [0, 0.05) is 25.0 Å². The second-order valence-corrected chi connectivity index (χ2v) is 6.91. The molecule has 4 heteroatoms. The number of anilines is 1. The molecule has 1 aromatic rings. The van der Waals surface area contributed by atoms with Crippen LogP contribution in [0.4, 0.5) is 5.13 Å². The van der Waals surface area contributed by atoms with Crippen molar-refractivity contribution in [1.29, 1.82) is 0 Å². The number of rotatable bonds is 6. The third-order valence-corrected chi connectivity index (χ3v) is 5.52. The lowest BCUT2D eigenvalue weighted by atomic mass is 10.0. The van der Waals surface area contributed by atoms with Crippen LogP contribution < -0.4 is 10.6 Å². The second kappa shape index (κ2) is 6.71. The third-order valence-electron chi connectivity index (χ3n) is 4.31. The quantitative estimate of drug-likeness (QED) is 0.863. The van der Waals surface area contributed by atoms with Crippen molar-refractivity contribution >= 4 is 16.5 Å². The molecule has 0 radical (unpaired) electrons. The Balaban J connectivity index is 2.08. The van der Waals surface area contributed by atoms with Crippen molar-refractivity contribution in [3.8, 4) is 0 Å². The molecule has 1 aliphatic rings. The topological polar surface area (TPSA) is 42.2 Å². The van der Waals surface area contributed by atoms with E-state index in [1.54, 1.807) is 11.3 Å². The molecule has 1 heterocycles. The lowest BCUT2D eigenvalue weighted by Crippen LogP contribution is -2.23. The van der Waals surface area contributed by atoms with Gasteiger partial charge in [-0.05, 0) is 31.1 Å². The molecule has 108 valence electrons. The highest BCUT2D eigenvalue weighted by molar-refractivity contribution is 7.15. The Morgan fingerprint density at radius 2 is 2.11 bits per heavy atom. The molecule has 1 fully saturated rings. The van der Waals surface area contributed by atoms with Gasteiger partial charge in [-0.25, -0.2) is 4.98 Å². The summed E-state index contributed by atoms with van der Waals surface area (Å²) in [6.07, 6.45) is 6.71. The van der Waals surface area contributed by atoms with E-state index in [0.717, 1.165) is 24.0 Å². The number of nitrogens with two attached hydrogens (primary N) is 1. The number of thiazole rings is 1. The zero-order chi connectivity index (χ0) is 13.8. The molecule has 1 aliphatic carbocycles. The maximum absolute atomic E-state index is 5.87. The molecule has 1 unspecified atom stereocenters. The van der Waals surface area contributed by atoms with Crippen molar-refractivity contribution in [2.45, 2.75) is 58.4 Å². The Labute approximate surface area is 121 Å². The summed E-state index contributed by atoms with van der Waals surface area (Å²) in [6.45, 7) is 6.23. The van der Waals surface area contributed by atoms with Gasteiger partial charge < -0.3 is 10.6 Å². The molecule has 1 aromatic heterocycles. The summed E-state index contributed by atoms with van der Waals surface area (Å²) in [5.74, 6) is 1.38. The zero-order valence-electron chi connectivity index (χ0n) is 12.5. The first-order valence-corrected chi connectivity index (χ1v) is 8.38. The van der Waals surface area contributed by atoms with E-state index < -0.39 is 0 Å². The lowest BCUT2D eigenvalue weighted by molar-refractivity contribution is 0.546. The van der Waals surface area contributed by atoms with Gasteiger partial charge in [-0.15, -0.1) is 11.3 Å². The van der Waals surface area contributed by atoms with Gasteiger partial charge in [0.05, 0.1) is 5.69 Å². The van der Waals surface area contributed by atoms with E-state index in [2.05, 4.69) is 25.8 Å². The molecular formula is C15H27N3S. The number of hydrogen-bond donors (Lipinski definition) is 1. The molecule has 3 nitrogen and oxygen atoms in total. The summed E-state index contributed by atoms with van der Waals surface area (Å²) < 4.78 is 0. The van der Waals surface area contributed by atoms with Crippen LogP contribution in [0.15, 0.2) is 0 Å². The van der Waals surface area contributed by atoms with Gasteiger partial charge in [0.25, 0.3) is 0 Å². The van der Waals surface area contributed by atoms with Crippen molar-refractivity contribution < 1.29 is 0 Å². The van der Waals surface area contributed by atoms with E-state index in [1.807, 2.05) is 0 Å². The van der Waals surface area contributed by atoms with Gasteiger partial charge >= 0.3 is 0 Å². The first kappa shape index (κ1) is 14.8. The monoisotopic (exact) mass is 281 g/mol. The summed E-state index contributed by atoms with van der Waals surface area (Å²) in [7, 11) is 2.18. The van der Waals surface area contributed by atoms with Crippen LogP contribution in [0.3, 0.4) is 0 Å². The summed E-state index contributed by atoms with van der Waals surface area (Å²) in [4.78, 5) is 8.46. The van der Waals surface area contributed by atoms with E-state index >= 15 is 0 Å². The van der Waals surface area contributed by atoms with Crippen molar-refractivity contribution in [1.82, 2.24) is 4.98 Å². The minimum Gasteiger partial charge on any atom is -0.351 e. The fraction of sp³-hybridized carbons (Fsp3) is 0.800. The van der Waals surface area contributed by atoms with E-state index in [4.69, 9.17) is 10.7 Å². The minimum absolute atomic E-state index is 0.517. The molecule has 0 saturated heterocycles. The number of nitrogens with zero attached hydrogens (tertiary/aromatic N) is 2. The Morgan fingerprint density at radius 3 is 2.68 bits per heavy atom. The molecule has 0 bridgehead atoms. The zero-order valence-corrected chi connectivity index (χ0v) is 13.3. The summed E-state index contributed by atoms with van der Waals surface area (Å²) >= 11 is 1.78. The van der Waals surface area contributed by atoms with Crippen LogP contribution in [0, 0.1) is 5.92 Å². The standard InChI is InChI=1S/C15H27N3S/c1-4-11(2)14-13(9-16)19-15(17-14)18(3)10-12-7-5-6-8-12/h11-12H,4-10,16H2,1-3H3. The van der Waals surface area contributed by atoms with Crippen molar-refractivity contribution in [2.24, 2.45) is 11.7 Å². The fourth-order valence-corrected chi connectivity index (χ4v) is 3.93. The van der Waals surface area contributed by atoms with E-state index in [9.17, 15) is 0 Å². The van der Waals surface area contributed by atoms with Crippen LogP contribution in [0.25, 0.3) is 0 Å². The van der Waals surface area contributed by atoms with Crippen molar-refractivity contribution in [2.75, 3.05) is 18.5 Å². The molecule has 0 aliphatic heterocycles. The molecule has 0 amide bonds. The van der Waals surface area contributed by atoms with Crippen LogP contribution in [0.2, 0.25) is 0 Å². The maximum atomic E-state index is 5.87. The predicted octanol–water partition coefficient (Wildman–Crippen LogP) is 3.74. The van der Waals surface area contributed by atoms with Crippen LogP contribution in [0.1, 0.15) is 62.4 Å². The molecular weight excluding hydrogens is 254 g/mol. The van der Waals surface area contributed by atoms with Crippen LogP contribution in [0.5, 0.6) is 0 Å². The highest BCUT2D eigenvalue weighted by Gasteiger charge is 2.21. The Bertz CT molecular complexity index is 396. The average Bonchev–Trinajstić information content (AvgIpc) is 3.06.